The van der Waals surface area contributed by atoms with Gasteiger partial charge in [0.25, 0.3) is 0 Å². The molecule has 0 spiro atoms. The van der Waals surface area contributed by atoms with Crippen molar-refractivity contribution in [3.05, 3.63) is 72.8 Å². The Kier molecular flexibility index (Phi) is 6.94. The molecule has 5 nitrogen and oxygen atoms in total. The van der Waals surface area contributed by atoms with Gasteiger partial charge in [-0.2, -0.15) is 0 Å². The van der Waals surface area contributed by atoms with Crippen molar-refractivity contribution in [3.8, 4) is 22.6 Å². The molecule has 0 aromatic heterocycles. The molecule has 0 unspecified atom stereocenters. The normalized spacial score (nSPS) is 10.2. The van der Waals surface area contributed by atoms with E-state index in [1.807, 2.05) is 18.2 Å². The molecule has 5 heteroatoms. The summed E-state index contributed by atoms with van der Waals surface area (Å²) in [5.41, 5.74) is 3.19. The molecule has 140 valence electrons. The predicted molar refractivity (Wildman–Crippen MR) is 104 cm³/mol. The van der Waals surface area contributed by atoms with Crippen molar-refractivity contribution in [2.75, 3.05) is 0 Å². The van der Waals surface area contributed by atoms with Crippen LogP contribution in [0.1, 0.15) is 24.0 Å². The van der Waals surface area contributed by atoms with E-state index in [0.717, 1.165) is 16.7 Å². The first-order valence-corrected chi connectivity index (χ1v) is 8.54. The first kappa shape index (κ1) is 20.0. The van der Waals surface area contributed by atoms with Gasteiger partial charge in [0.1, 0.15) is 11.5 Å². The Bertz CT molecular complexity index is 867. The lowest BCUT2D eigenvalue weighted by Gasteiger charge is -2.13. The lowest BCUT2D eigenvalue weighted by atomic mass is 9.97. The first-order valence-electron chi connectivity index (χ1n) is 8.54. The largest absolute Gasteiger partial charge is 0.507 e. The number of rotatable bonds is 9. The van der Waals surface area contributed by atoms with Crippen LogP contribution in [0.2, 0.25) is 0 Å². The van der Waals surface area contributed by atoms with Crippen molar-refractivity contribution in [2.45, 2.75) is 25.7 Å². The molecule has 2 N–H and O–H groups in total. The molecule has 0 aliphatic rings. The van der Waals surface area contributed by atoms with Gasteiger partial charge in [0.15, 0.2) is 0 Å². The lowest BCUT2D eigenvalue weighted by molar-refractivity contribution is -0.142. The van der Waals surface area contributed by atoms with Crippen LogP contribution < -0.4 is 4.74 Å². The standard InChI is InChI=1S/C22H22O5/c1-3-5-15-7-9-19(23)18(13-15)16-8-10-20(17(14-16)6-4-2)27-22(26)12-11-21(24)25/h3-4,7-10,13-14,23H,1-2,5-6,11-12H2,(H,24,25). The number of hydrogen-bond acceptors (Lipinski definition) is 4. The SMILES string of the molecule is C=CCc1ccc(O)c(-c2ccc(OC(=O)CCC(=O)O)c(CC=C)c2)c1. The fourth-order valence-corrected chi connectivity index (χ4v) is 2.65. The molecule has 0 bridgehead atoms. The number of aliphatic carboxylic acids is 1. The maximum absolute atomic E-state index is 11.8. The number of hydrogen-bond donors (Lipinski definition) is 2. The summed E-state index contributed by atoms with van der Waals surface area (Å²) in [5.74, 6) is -1.15. The third kappa shape index (κ3) is 5.57. The van der Waals surface area contributed by atoms with Crippen LogP contribution in [0.4, 0.5) is 0 Å². The van der Waals surface area contributed by atoms with Gasteiger partial charge < -0.3 is 14.9 Å². The summed E-state index contributed by atoms with van der Waals surface area (Å²) < 4.78 is 5.31. The molecule has 0 amide bonds. The summed E-state index contributed by atoms with van der Waals surface area (Å²) in [5, 5.41) is 18.9. The predicted octanol–water partition coefficient (Wildman–Crippen LogP) is 4.29. The molecule has 0 heterocycles. The van der Waals surface area contributed by atoms with Gasteiger partial charge in [-0.25, -0.2) is 0 Å². The molecule has 0 aliphatic carbocycles. The van der Waals surface area contributed by atoms with Gasteiger partial charge in [0, 0.05) is 5.56 Å². The Morgan fingerprint density at radius 2 is 1.74 bits per heavy atom. The average Bonchev–Trinajstić information content (AvgIpc) is 2.63. The molecular weight excluding hydrogens is 344 g/mol. The molecule has 2 rings (SSSR count). The van der Waals surface area contributed by atoms with Crippen LogP contribution >= 0.6 is 0 Å². The highest BCUT2D eigenvalue weighted by atomic mass is 16.5. The molecule has 0 aliphatic heterocycles. The molecule has 2 aromatic carbocycles. The number of carboxylic acid groups (broad SMARTS) is 1. The van der Waals surface area contributed by atoms with Gasteiger partial charge >= 0.3 is 11.9 Å². The molecule has 0 saturated carbocycles. The summed E-state index contributed by atoms with van der Waals surface area (Å²) in [4.78, 5) is 22.4. The average molecular weight is 366 g/mol. The third-order valence-corrected chi connectivity index (χ3v) is 3.94. The van der Waals surface area contributed by atoms with Crippen molar-refractivity contribution < 1.29 is 24.5 Å². The number of carboxylic acids is 1. The molecule has 0 radical (unpaired) electrons. The van der Waals surface area contributed by atoms with E-state index >= 15 is 0 Å². The summed E-state index contributed by atoms with van der Waals surface area (Å²) in [6.07, 6.45) is 4.14. The molecule has 0 saturated heterocycles. The van der Waals surface area contributed by atoms with Gasteiger partial charge in [-0.3, -0.25) is 9.59 Å². The van der Waals surface area contributed by atoms with Crippen molar-refractivity contribution in [2.24, 2.45) is 0 Å². The van der Waals surface area contributed by atoms with Crippen LogP contribution in [0.25, 0.3) is 11.1 Å². The molecular formula is C22H22O5. The second-order valence-corrected chi connectivity index (χ2v) is 6.03. The quantitative estimate of drug-likeness (QED) is 0.393. The van der Waals surface area contributed by atoms with Crippen molar-refractivity contribution in [1.29, 1.82) is 0 Å². The lowest BCUT2D eigenvalue weighted by Crippen LogP contribution is -2.11. The zero-order valence-electron chi connectivity index (χ0n) is 15.0. The maximum Gasteiger partial charge on any atom is 0.311 e. The number of carbonyl (C=O) groups excluding carboxylic acids is 1. The fraction of sp³-hybridized carbons (Fsp3) is 0.182. The Morgan fingerprint density at radius 1 is 1.00 bits per heavy atom. The minimum absolute atomic E-state index is 0.151. The Morgan fingerprint density at radius 3 is 2.41 bits per heavy atom. The second-order valence-electron chi connectivity index (χ2n) is 6.03. The number of allylic oxidation sites excluding steroid dienone is 2. The number of esters is 1. The maximum atomic E-state index is 11.8. The Hall–Kier alpha value is -3.34. The third-order valence-electron chi connectivity index (χ3n) is 3.94. The van der Waals surface area contributed by atoms with Gasteiger partial charge in [0.2, 0.25) is 0 Å². The number of ether oxygens (including phenoxy) is 1. The highest BCUT2D eigenvalue weighted by Crippen LogP contribution is 2.34. The second kappa shape index (κ2) is 9.38. The highest BCUT2D eigenvalue weighted by molar-refractivity contribution is 5.79. The van der Waals surface area contributed by atoms with Gasteiger partial charge in [-0.15, -0.1) is 13.2 Å². The number of carbonyl (C=O) groups is 2. The Labute approximate surface area is 158 Å². The van der Waals surface area contributed by atoms with Crippen LogP contribution in [0.5, 0.6) is 11.5 Å². The van der Waals surface area contributed by atoms with Gasteiger partial charge in [0.05, 0.1) is 12.8 Å². The number of aromatic hydroxyl groups is 1. The number of phenolic OH excluding ortho intramolecular Hbond substituents is 1. The van der Waals surface area contributed by atoms with Crippen LogP contribution in [-0.2, 0) is 22.4 Å². The smallest absolute Gasteiger partial charge is 0.311 e. The summed E-state index contributed by atoms with van der Waals surface area (Å²) in [7, 11) is 0. The van der Waals surface area contributed by atoms with Crippen LogP contribution in [-0.4, -0.2) is 22.2 Å². The first-order chi connectivity index (χ1) is 12.9. The van der Waals surface area contributed by atoms with Crippen LogP contribution in [0.15, 0.2) is 61.7 Å². The van der Waals surface area contributed by atoms with E-state index in [9.17, 15) is 14.7 Å². The molecule has 2 aromatic rings. The summed E-state index contributed by atoms with van der Waals surface area (Å²) >= 11 is 0. The summed E-state index contributed by atoms with van der Waals surface area (Å²) in [6, 6.07) is 10.6. The van der Waals surface area contributed by atoms with E-state index in [1.165, 1.54) is 0 Å². The molecule has 0 fully saturated rings. The summed E-state index contributed by atoms with van der Waals surface area (Å²) in [6.45, 7) is 7.44. The molecule has 0 atom stereocenters. The zero-order valence-corrected chi connectivity index (χ0v) is 15.0. The van der Waals surface area contributed by atoms with Crippen molar-refractivity contribution in [3.63, 3.8) is 0 Å². The number of benzene rings is 2. The van der Waals surface area contributed by atoms with Crippen LogP contribution in [0.3, 0.4) is 0 Å². The monoisotopic (exact) mass is 366 g/mol. The topological polar surface area (TPSA) is 83.8 Å². The van der Waals surface area contributed by atoms with Gasteiger partial charge in [-0.1, -0.05) is 24.3 Å². The minimum atomic E-state index is -1.05. The van der Waals surface area contributed by atoms with Gasteiger partial charge in [-0.05, 0) is 53.8 Å². The van der Waals surface area contributed by atoms with E-state index in [1.54, 1.807) is 30.4 Å². The minimum Gasteiger partial charge on any atom is -0.507 e. The van der Waals surface area contributed by atoms with Crippen molar-refractivity contribution in [1.82, 2.24) is 0 Å². The Balaban J connectivity index is 2.33. The van der Waals surface area contributed by atoms with Crippen molar-refractivity contribution >= 4 is 11.9 Å². The van der Waals surface area contributed by atoms with E-state index in [0.29, 0.717) is 24.2 Å². The van der Waals surface area contributed by atoms with E-state index < -0.39 is 11.9 Å². The van der Waals surface area contributed by atoms with E-state index in [-0.39, 0.29) is 18.6 Å². The van der Waals surface area contributed by atoms with E-state index in [4.69, 9.17) is 9.84 Å². The molecule has 27 heavy (non-hydrogen) atoms. The zero-order chi connectivity index (χ0) is 19.8. The fourth-order valence-electron chi connectivity index (χ4n) is 2.65. The number of phenols is 1. The van der Waals surface area contributed by atoms with E-state index in [2.05, 4.69) is 13.2 Å². The highest BCUT2D eigenvalue weighted by Gasteiger charge is 2.13. The van der Waals surface area contributed by atoms with Crippen LogP contribution in [0, 0.1) is 0 Å².